The number of halogens is 1. The Labute approximate surface area is 173 Å². The number of pyridine rings is 1. The molecule has 2 amide bonds. The Bertz CT molecular complexity index is 1080. The number of aromatic nitrogens is 1. The maximum Gasteiger partial charge on any atom is 0.276 e. The van der Waals surface area contributed by atoms with Crippen LogP contribution in [0.1, 0.15) is 34.5 Å². The summed E-state index contributed by atoms with van der Waals surface area (Å²) in [6.07, 6.45) is 3.75. The van der Waals surface area contributed by atoms with Crippen LogP contribution in [0, 0.1) is 0 Å². The fourth-order valence-electron chi connectivity index (χ4n) is 3.56. The standard InChI is InChI=1S/C22H20ClN3O3/c23-16-9-3-6-12-19(16)29-13-20(27)25-26-22(28)21-14-7-1-4-10-17(14)24-18-11-5-2-8-15(18)21/h1,3-4,6-7,9-10,12H,2,5,8,11,13H2,(H,25,27)(H,26,28). The third-order valence-electron chi connectivity index (χ3n) is 4.91. The van der Waals surface area contributed by atoms with Crippen molar-refractivity contribution in [1.82, 2.24) is 15.8 Å². The minimum Gasteiger partial charge on any atom is -0.482 e. The van der Waals surface area contributed by atoms with Crippen molar-refractivity contribution in [1.29, 1.82) is 0 Å². The van der Waals surface area contributed by atoms with Crippen LogP contribution in [0.25, 0.3) is 10.9 Å². The summed E-state index contributed by atoms with van der Waals surface area (Å²) in [6.45, 7) is -0.265. The number of aryl methyl sites for hydroxylation is 1. The van der Waals surface area contributed by atoms with Gasteiger partial charge in [-0.3, -0.25) is 25.4 Å². The van der Waals surface area contributed by atoms with E-state index in [2.05, 4.69) is 10.9 Å². The molecule has 3 aromatic rings. The molecule has 1 aliphatic carbocycles. The zero-order valence-corrected chi connectivity index (χ0v) is 16.5. The monoisotopic (exact) mass is 409 g/mol. The number of benzene rings is 2. The molecular weight excluding hydrogens is 390 g/mol. The molecule has 148 valence electrons. The van der Waals surface area contributed by atoms with Gasteiger partial charge in [0.05, 0.1) is 16.1 Å². The van der Waals surface area contributed by atoms with Gasteiger partial charge in [0.1, 0.15) is 5.75 Å². The molecule has 0 aliphatic heterocycles. The number of amides is 2. The number of ether oxygens (including phenoxy) is 1. The van der Waals surface area contributed by atoms with Gasteiger partial charge in [0.25, 0.3) is 11.8 Å². The van der Waals surface area contributed by atoms with Crippen LogP contribution in [0.4, 0.5) is 0 Å². The first-order chi connectivity index (χ1) is 14.1. The van der Waals surface area contributed by atoms with Gasteiger partial charge in [-0.25, -0.2) is 0 Å². The van der Waals surface area contributed by atoms with Crippen LogP contribution in [0.15, 0.2) is 48.5 Å². The molecule has 0 atom stereocenters. The summed E-state index contributed by atoms with van der Waals surface area (Å²) in [5.74, 6) is -0.428. The minimum absolute atomic E-state index is 0.265. The van der Waals surface area contributed by atoms with E-state index >= 15 is 0 Å². The number of hydrogen-bond donors (Lipinski definition) is 2. The average Bonchev–Trinajstić information content (AvgIpc) is 2.75. The summed E-state index contributed by atoms with van der Waals surface area (Å²) >= 11 is 6.01. The van der Waals surface area contributed by atoms with E-state index in [0.717, 1.165) is 47.8 Å². The minimum atomic E-state index is -0.481. The van der Waals surface area contributed by atoms with Crippen molar-refractivity contribution < 1.29 is 14.3 Å². The SMILES string of the molecule is O=C(COc1ccccc1Cl)NNC(=O)c1c2c(nc3ccccc13)CCCC2. The number of fused-ring (bicyclic) bond motifs is 2. The molecule has 6 nitrogen and oxygen atoms in total. The highest BCUT2D eigenvalue weighted by Gasteiger charge is 2.22. The number of nitrogens with one attached hydrogen (secondary N) is 2. The second-order valence-corrected chi connectivity index (χ2v) is 7.26. The van der Waals surface area contributed by atoms with Gasteiger partial charge in [0.15, 0.2) is 6.61 Å². The normalized spacial score (nSPS) is 12.9. The lowest BCUT2D eigenvalue weighted by molar-refractivity contribution is -0.123. The van der Waals surface area contributed by atoms with Crippen LogP contribution in [-0.2, 0) is 17.6 Å². The van der Waals surface area contributed by atoms with Crippen molar-refractivity contribution >= 4 is 34.3 Å². The molecule has 1 aliphatic rings. The molecule has 0 unspecified atom stereocenters. The van der Waals surface area contributed by atoms with Crippen molar-refractivity contribution in [3.63, 3.8) is 0 Å². The quantitative estimate of drug-likeness (QED) is 0.645. The van der Waals surface area contributed by atoms with E-state index in [0.29, 0.717) is 16.3 Å². The molecule has 2 aromatic carbocycles. The fraction of sp³-hybridized carbons (Fsp3) is 0.227. The van der Waals surface area contributed by atoms with Crippen LogP contribution >= 0.6 is 11.6 Å². The summed E-state index contributed by atoms with van der Waals surface area (Å²) < 4.78 is 5.39. The predicted molar refractivity (Wildman–Crippen MR) is 111 cm³/mol. The van der Waals surface area contributed by atoms with Crippen molar-refractivity contribution in [2.75, 3.05) is 6.61 Å². The molecule has 0 bridgehead atoms. The molecule has 0 spiro atoms. The molecule has 0 radical (unpaired) electrons. The van der Waals surface area contributed by atoms with Gasteiger partial charge < -0.3 is 4.74 Å². The molecular formula is C22H20ClN3O3. The van der Waals surface area contributed by atoms with Crippen molar-refractivity contribution in [2.45, 2.75) is 25.7 Å². The topological polar surface area (TPSA) is 80.3 Å². The molecule has 4 rings (SSSR count). The molecule has 7 heteroatoms. The van der Waals surface area contributed by atoms with Gasteiger partial charge in [0, 0.05) is 11.1 Å². The molecule has 1 heterocycles. The molecule has 0 saturated carbocycles. The van der Waals surface area contributed by atoms with E-state index in [4.69, 9.17) is 21.3 Å². The van der Waals surface area contributed by atoms with Crippen molar-refractivity contribution in [3.05, 3.63) is 70.4 Å². The van der Waals surface area contributed by atoms with Gasteiger partial charge in [-0.1, -0.05) is 41.9 Å². The molecule has 0 fully saturated rings. The molecule has 2 N–H and O–H groups in total. The van der Waals surface area contributed by atoms with E-state index in [1.165, 1.54) is 0 Å². The smallest absolute Gasteiger partial charge is 0.276 e. The van der Waals surface area contributed by atoms with E-state index in [1.54, 1.807) is 24.3 Å². The summed E-state index contributed by atoms with van der Waals surface area (Å²) in [5.41, 5.74) is 8.23. The first-order valence-corrected chi connectivity index (χ1v) is 9.88. The Kier molecular flexibility index (Phi) is 5.62. The Balaban J connectivity index is 1.48. The number of rotatable bonds is 4. The van der Waals surface area contributed by atoms with Gasteiger partial charge in [-0.2, -0.15) is 0 Å². The second-order valence-electron chi connectivity index (χ2n) is 6.86. The van der Waals surface area contributed by atoms with E-state index in [-0.39, 0.29) is 12.5 Å². The highest BCUT2D eigenvalue weighted by Crippen LogP contribution is 2.29. The molecule has 0 saturated heterocycles. The van der Waals surface area contributed by atoms with Gasteiger partial charge in [-0.05, 0) is 49.4 Å². The maximum atomic E-state index is 12.9. The Hall–Kier alpha value is -3.12. The van der Waals surface area contributed by atoms with Crippen molar-refractivity contribution in [2.24, 2.45) is 0 Å². The lowest BCUT2D eigenvalue weighted by Gasteiger charge is -2.20. The molecule has 29 heavy (non-hydrogen) atoms. The summed E-state index contributed by atoms with van der Waals surface area (Å²) in [5, 5.41) is 1.20. The highest BCUT2D eigenvalue weighted by molar-refractivity contribution is 6.32. The predicted octanol–water partition coefficient (Wildman–Crippen LogP) is 3.61. The van der Waals surface area contributed by atoms with E-state index in [9.17, 15) is 9.59 Å². The number of para-hydroxylation sites is 2. The summed E-state index contributed by atoms with van der Waals surface area (Å²) in [4.78, 5) is 29.8. The first-order valence-electron chi connectivity index (χ1n) is 9.50. The Morgan fingerprint density at radius 3 is 2.62 bits per heavy atom. The van der Waals surface area contributed by atoms with E-state index < -0.39 is 5.91 Å². The number of carbonyl (C=O) groups excluding carboxylic acids is 2. The Morgan fingerprint density at radius 1 is 1.00 bits per heavy atom. The van der Waals surface area contributed by atoms with Gasteiger partial charge >= 0.3 is 0 Å². The largest absolute Gasteiger partial charge is 0.482 e. The average molecular weight is 410 g/mol. The zero-order valence-electron chi connectivity index (χ0n) is 15.7. The van der Waals surface area contributed by atoms with Crippen molar-refractivity contribution in [3.8, 4) is 5.75 Å². The van der Waals surface area contributed by atoms with Crippen LogP contribution in [-0.4, -0.2) is 23.4 Å². The fourth-order valence-corrected chi connectivity index (χ4v) is 3.75. The number of carbonyl (C=O) groups is 2. The van der Waals surface area contributed by atoms with Crippen LogP contribution in [0.3, 0.4) is 0 Å². The zero-order chi connectivity index (χ0) is 20.2. The second kappa shape index (κ2) is 8.49. The summed E-state index contributed by atoms with van der Waals surface area (Å²) in [7, 11) is 0. The first kappa shape index (κ1) is 19.2. The Morgan fingerprint density at radius 2 is 1.76 bits per heavy atom. The maximum absolute atomic E-state index is 12.9. The van der Waals surface area contributed by atoms with Crippen LogP contribution < -0.4 is 15.6 Å². The number of hydrazine groups is 1. The number of nitrogens with zero attached hydrogens (tertiary/aromatic N) is 1. The van der Waals surface area contributed by atoms with Gasteiger partial charge in [-0.15, -0.1) is 0 Å². The lowest BCUT2D eigenvalue weighted by Crippen LogP contribution is -2.44. The third-order valence-corrected chi connectivity index (χ3v) is 5.22. The van der Waals surface area contributed by atoms with E-state index in [1.807, 2.05) is 24.3 Å². The lowest BCUT2D eigenvalue weighted by atomic mass is 9.89. The third kappa shape index (κ3) is 4.17. The molecule has 1 aromatic heterocycles. The number of hydrogen-bond acceptors (Lipinski definition) is 4. The van der Waals surface area contributed by atoms with Gasteiger partial charge in [0.2, 0.25) is 0 Å². The van der Waals surface area contributed by atoms with Crippen LogP contribution in [0.2, 0.25) is 5.02 Å². The van der Waals surface area contributed by atoms with Crippen LogP contribution in [0.5, 0.6) is 5.75 Å². The summed E-state index contributed by atoms with van der Waals surface area (Å²) in [6, 6.07) is 14.4. The highest BCUT2D eigenvalue weighted by atomic mass is 35.5.